The minimum Gasteiger partial charge on any atom is -0.489 e. The number of ether oxygens (including phenoxy) is 1. The number of halogens is 2. The van der Waals surface area contributed by atoms with Crippen LogP contribution in [0.4, 0.5) is 10.1 Å². The third kappa shape index (κ3) is 3.56. The zero-order chi connectivity index (χ0) is 15.4. The Bertz CT molecular complexity index is 679. The quantitative estimate of drug-likeness (QED) is 0.657. The first-order chi connectivity index (χ1) is 10.0. The summed E-state index contributed by atoms with van der Waals surface area (Å²) in [6.07, 6.45) is 0. The van der Waals surface area contributed by atoms with Gasteiger partial charge in [-0.25, -0.2) is 4.39 Å². The molecule has 2 aromatic rings. The predicted octanol–water partition coefficient (Wildman–Crippen LogP) is 3.53. The maximum Gasteiger partial charge on any atom is 0.283 e. The summed E-state index contributed by atoms with van der Waals surface area (Å²) in [5, 5.41) is 10.9. The first-order valence-electron chi connectivity index (χ1n) is 6.06. The fourth-order valence-electron chi connectivity index (χ4n) is 1.82. The van der Waals surface area contributed by atoms with Crippen molar-refractivity contribution in [3.63, 3.8) is 0 Å². The molecular weight excluding hydrogens is 343 g/mol. The molecule has 0 saturated carbocycles. The molecule has 0 unspecified atom stereocenters. The van der Waals surface area contributed by atoms with E-state index in [2.05, 4.69) is 15.9 Å². The van der Waals surface area contributed by atoms with E-state index in [1.54, 1.807) is 12.1 Å². The molecule has 0 heterocycles. The second kappa shape index (κ2) is 6.64. The Morgan fingerprint density at radius 2 is 2.05 bits per heavy atom. The predicted molar refractivity (Wildman–Crippen MR) is 79.4 cm³/mol. The number of hydrogen-bond donors (Lipinski definition) is 1. The number of nitro groups is 1. The van der Waals surface area contributed by atoms with Gasteiger partial charge in [0.15, 0.2) is 0 Å². The lowest BCUT2D eigenvalue weighted by Crippen LogP contribution is -2.04. The molecule has 0 aliphatic heterocycles. The van der Waals surface area contributed by atoms with Gasteiger partial charge in [-0.1, -0.05) is 12.1 Å². The lowest BCUT2D eigenvalue weighted by Gasteiger charge is -2.11. The topological polar surface area (TPSA) is 78.4 Å². The first-order valence-corrected chi connectivity index (χ1v) is 6.85. The summed E-state index contributed by atoms with van der Waals surface area (Å²) in [5.74, 6) is 0.0663. The van der Waals surface area contributed by atoms with E-state index in [-0.39, 0.29) is 24.7 Å². The maximum absolute atomic E-state index is 13.1. The van der Waals surface area contributed by atoms with E-state index >= 15 is 0 Å². The van der Waals surface area contributed by atoms with E-state index in [9.17, 15) is 14.5 Å². The van der Waals surface area contributed by atoms with Crippen molar-refractivity contribution in [2.75, 3.05) is 0 Å². The van der Waals surface area contributed by atoms with Gasteiger partial charge in [0.25, 0.3) is 5.69 Å². The molecule has 110 valence electrons. The monoisotopic (exact) mass is 354 g/mol. The third-order valence-electron chi connectivity index (χ3n) is 2.88. The van der Waals surface area contributed by atoms with Gasteiger partial charge in [0.05, 0.1) is 4.92 Å². The van der Waals surface area contributed by atoms with Gasteiger partial charge in [-0.2, -0.15) is 0 Å². The molecule has 0 bridgehead atoms. The second-order valence-corrected chi connectivity index (χ2v) is 5.05. The molecular formula is C14H12BrFN2O3. The molecule has 0 saturated heterocycles. The van der Waals surface area contributed by atoms with Gasteiger partial charge in [-0.3, -0.25) is 10.1 Å². The van der Waals surface area contributed by atoms with Crippen LogP contribution in [0, 0.1) is 15.9 Å². The van der Waals surface area contributed by atoms with Crippen LogP contribution in [0.15, 0.2) is 40.9 Å². The van der Waals surface area contributed by atoms with Crippen LogP contribution < -0.4 is 10.5 Å². The van der Waals surface area contributed by atoms with Gasteiger partial charge in [0, 0.05) is 23.7 Å². The van der Waals surface area contributed by atoms with Crippen LogP contribution in [0.1, 0.15) is 11.1 Å². The summed E-state index contributed by atoms with van der Waals surface area (Å²) >= 11 is 3.20. The number of nitrogens with two attached hydrogens (primary N) is 1. The highest BCUT2D eigenvalue weighted by Crippen LogP contribution is 2.29. The summed E-state index contributed by atoms with van der Waals surface area (Å²) in [6.45, 7) is 0.254. The smallest absolute Gasteiger partial charge is 0.283 e. The van der Waals surface area contributed by atoms with Crippen molar-refractivity contribution in [2.24, 2.45) is 5.73 Å². The summed E-state index contributed by atoms with van der Waals surface area (Å²) in [7, 11) is 0. The molecule has 21 heavy (non-hydrogen) atoms. The SMILES string of the molecule is NCc1cc(F)ccc1OCc1cccc([N+](=O)[O-])c1Br. The van der Waals surface area contributed by atoms with Gasteiger partial charge < -0.3 is 10.5 Å². The van der Waals surface area contributed by atoms with Gasteiger partial charge >= 0.3 is 0 Å². The molecule has 0 amide bonds. The molecule has 0 radical (unpaired) electrons. The van der Waals surface area contributed by atoms with Crippen LogP contribution in [0.25, 0.3) is 0 Å². The minimum atomic E-state index is -0.475. The number of nitro benzene ring substituents is 1. The van der Waals surface area contributed by atoms with Crippen molar-refractivity contribution in [3.8, 4) is 5.75 Å². The van der Waals surface area contributed by atoms with Crippen molar-refractivity contribution in [2.45, 2.75) is 13.2 Å². The third-order valence-corrected chi connectivity index (χ3v) is 3.80. The van der Waals surface area contributed by atoms with E-state index in [0.29, 0.717) is 21.3 Å². The minimum absolute atomic E-state index is 0.0331. The van der Waals surface area contributed by atoms with Crippen LogP contribution in [-0.4, -0.2) is 4.92 Å². The Balaban J connectivity index is 2.21. The number of benzene rings is 2. The fourth-order valence-corrected chi connectivity index (χ4v) is 2.35. The Hall–Kier alpha value is -1.99. The molecule has 0 aromatic heterocycles. The van der Waals surface area contributed by atoms with E-state index in [1.807, 2.05) is 0 Å². The maximum atomic E-state index is 13.1. The van der Waals surface area contributed by atoms with Crippen molar-refractivity contribution in [3.05, 3.63) is 67.9 Å². The second-order valence-electron chi connectivity index (χ2n) is 4.25. The zero-order valence-electron chi connectivity index (χ0n) is 10.9. The van der Waals surface area contributed by atoms with E-state index in [4.69, 9.17) is 10.5 Å². The summed E-state index contributed by atoms with van der Waals surface area (Å²) in [5.41, 5.74) is 6.66. The van der Waals surface area contributed by atoms with Crippen molar-refractivity contribution in [1.29, 1.82) is 0 Å². The fraction of sp³-hybridized carbons (Fsp3) is 0.143. The highest BCUT2D eigenvalue weighted by atomic mass is 79.9. The normalized spacial score (nSPS) is 10.4. The van der Waals surface area contributed by atoms with Gasteiger partial charge in [-0.15, -0.1) is 0 Å². The summed E-state index contributed by atoms with van der Waals surface area (Å²) < 4.78 is 19.1. The highest BCUT2D eigenvalue weighted by molar-refractivity contribution is 9.10. The molecule has 0 aliphatic carbocycles. The average molecular weight is 355 g/mol. The van der Waals surface area contributed by atoms with Gasteiger partial charge in [-0.05, 0) is 34.1 Å². The zero-order valence-corrected chi connectivity index (χ0v) is 12.5. The van der Waals surface area contributed by atoms with E-state index < -0.39 is 4.92 Å². The van der Waals surface area contributed by atoms with E-state index in [1.165, 1.54) is 24.3 Å². The van der Waals surface area contributed by atoms with Gasteiger partial charge in [0.2, 0.25) is 0 Å². The van der Waals surface area contributed by atoms with Crippen LogP contribution in [0.3, 0.4) is 0 Å². The molecule has 7 heteroatoms. The molecule has 0 atom stereocenters. The van der Waals surface area contributed by atoms with Gasteiger partial charge in [0.1, 0.15) is 22.6 Å². The summed E-state index contributed by atoms with van der Waals surface area (Å²) in [6, 6.07) is 8.76. The van der Waals surface area contributed by atoms with Crippen molar-refractivity contribution >= 4 is 21.6 Å². The average Bonchev–Trinajstić information content (AvgIpc) is 2.46. The Kier molecular flexibility index (Phi) is 4.87. The molecule has 0 fully saturated rings. The molecule has 5 nitrogen and oxygen atoms in total. The number of nitrogens with zero attached hydrogens (tertiary/aromatic N) is 1. The first kappa shape index (κ1) is 15.4. The summed E-state index contributed by atoms with van der Waals surface area (Å²) in [4.78, 5) is 10.4. The van der Waals surface area contributed by atoms with Crippen LogP contribution in [-0.2, 0) is 13.2 Å². The Morgan fingerprint density at radius 3 is 2.71 bits per heavy atom. The van der Waals surface area contributed by atoms with Crippen molar-refractivity contribution in [1.82, 2.24) is 0 Å². The Labute approximate surface area is 128 Å². The highest BCUT2D eigenvalue weighted by Gasteiger charge is 2.15. The molecule has 0 aliphatic rings. The van der Waals surface area contributed by atoms with Crippen LogP contribution in [0.5, 0.6) is 5.75 Å². The largest absolute Gasteiger partial charge is 0.489 e. The molecule has 2 aromatic carbocycles. The lowest BCUT2D eigenvalue weighted by molar-refractivity contribution is -0.385. The van der Waals surface area contributed by atoms with Crippen molar-refractivity contribution < 1.29 is 14.1 Å². The Morgan fingerprint density at radius 1 is 1.29 bits per heavy atom. The molecule has 0 spiro atoms. The van der Waals surface area contributed by atoms with Crippen LogP contribution >= 0.6 is 15.9 Å². The van der Waals surface area contributed by atoms with Crippen LogP contribution in [0.2, 0.25) is 0 Å². The number of hydrogen-bond acceptors (Lipinski definition) is 4. The molecule has 2 rings (SSSR count). The number of rotatable bonds is 5. The lowest BCUT2D eigenvalue weighted by atomic mass is 10.2. The standard InChI is InChI=1S/C14H12BrFN2O3/c15-14-9(2-1-3-12(14)18(19)20)8-21-13-5-4-11(16)6-10(13)7-17/h1-6H,7-8,17H2. The van der Waals surface area contributed by atoms with E-state index in [0.717, 1.165) is 0 Å². The molecule has 2 N–H and O–H groups in total.